The summed E-state index contributed by atoms with van der Waals surface area (Å²) in [7, 11) is 0. The molecule has 0 radical (unpaired) electrons. The Morgan fingerprint density at radius 3 is 2.24 bits per heavy atom. The monoisotopic (exact) mass is 402 g/mol. The van der Waals surface area contributed by atoms with E-state index in [0.29, 0.717) is 0 Å². The van der Waals surface area contributed by atoms with Crippen molar-refractivity contribution >= 4 is 11.8 Å². The van der Waals surface area contributed by atoms with Crippen molar-refractivity contribution in [3.63, 3.8) is 0 Å². The van der Waals surface area contributed by atoms with Crippen LogP contribution in [0.25, 0.3) is 0 Å². The third kappa shape index (κ3) is 3.87. The molecule has 1 unspecified atom stereocenters. The maximum Gasteiger partial charge on any atom is 0.0962 e. The van der Waals surface area contributed by atoms with Gasteiger partial charge < -0.3 is 4.90 Å². The zero-order valence-corrected chi connectivity index (χ0v) is 18.2. The molecular weight excluding hydrogens is 372 g/mol. The van der Waals surface area contributed by atoms with Crippen LogP contribution in [0.5, 0.6) is 0 Å². The largest absolute Gasteiger partial charge is 0.303 e. The number of likely N-dealkylation sites (N-methyl/N-ethyl adjacent to an activating group) is 1. The molecule has 3 aromatic carbocycles. The first kappa shape index (κ1) is 20.2. The lowest BCUT2D eigenvalue weighted by atomic mass is 9.75. The fraction of sp³-hybridized carbons (Fsp3) is 0.308. The molecule has 1 N–H and O–H groups in total. The number of rotatable bonds is 7. The van der Waals surface area contributed by atoms with Crippen molar-refractivity contribution in [2.45, 2.75) is 30.0 Å². The van der Waals surface area contributed by atoms with E-state index in [0.717, 1.165) is 31.9 Å². The van der Waals surface area contributed by atoms with Crippen molar-refractivity contribution in [2.75, 3.05) is 26.2 Å². The number of hydrogen-bond donors (Lipinski definition) is 1. The number of benzene rings is 3. The van der Waals surface area contributed by atoms with Crippen LogP contribution in [0.4, 0.5) is 0 Å². The van der Waals surface area contributed by atoms with Crippen LogP contribution >= 0.6 is 11.8 Å². The van der Waals surface area contributed by atoms with Crippen LogP contribution in [0.1, 0.15) is 36.1 Å². The molecule has 0 saturated heterocycles. The number of fused-ring (bicyclic) bond motifs is 2. The quantitative estimate of drug-likeness (QED) is 0.560. The highest BCUT2D eigenvalue weighted by atomic mass is 32.2. The minimum Gasteiger partial charge on any atom is -0.303 e. The normalized spacial score (nSPS) is 18.2. The van der Waals surface area contributed by atoms with E-state index < -0.39 is 0 Å². The number of thioether (sulfide) groups is 1. The molecule has 0 aromatic heterocycles. The summed E-state index contributed by atoms with van der Waals surface area (Å²) >= 11 is 1.95. The van der Waals surface area contributed by atoms with Crippen LogP contribution in [0, 0.1) is 0 Å². The molecule has 0 spiro atoms. The first-order valence-corrected chi connectivity index (χ1v) is 11.6. The molecule has 0 amide bonds. The first-order valence-electron chi connectivity index (χ1n) is 10.6. The van der Waals surface area contributed by atoms with Crippen LogP contribution in [-0.4, -0.2) is 31.1 Å². The summed E-state index contributed by atoms with van der Waals surface area (Å²) in [5, 5.41) is 4.05. The molecule has 29 heavy (non-hydrogen) atoms. The van der Waals surface area contributed by atoms with Crippen molar-refractivity contribution in [1.82, 2.24) is 10.2 Å². The smallest absolute Gasteiger partial charge is 0.0962 e. The summed E-state index contributed by atoms with van der Waals surface area (Å²) in [6.45, 7) is 8.62. The highest BCUT2D eigenvalue weighted by Gasteiger charge is 2.40. The molecule has 3 heteroatoms. The van der Waals surface area contributed by atoms with Crippen LogP contribution in [-0.2, 0) is 11.3 Å². The van der Waals surface area contributed by atoms with E-state index in [9.17, 15) is 0 Å². The zero-order chi connectivity index (χ0) is 20.1. The fourth-order valence-electron chi connectivity index (χ4n) is 4.45. The molecule has 1 aliphatic heterocycles. The lowest BCUT2D eigenvalue weighted by molar-refractivity contribution is 0.290. The second kappa shape index (κ2) is 9.17. The molecule has 150 valence electrons. The fourth-order valence-corrected chi connectivity index (χ4v) is 5.56. The molecule has 0 fully saturated rings. The highest BCUT2D eigenvalue weighted by Crippen LogP contribution is 2.46. The Kier molecular flexibility index (Phi) is 6.39. The van der Waals surface area contributed by atoms with E-state index >= 15 is 0 Å². The van der Waals surface area contributed by atoms with Gasteiger partial charge in [0.05, 0.1) is 5.54 Å². The number of hydrogen-bond acceptors (Lipinski definition) is 3. The number of nitrogens with one attached hydrogen (secondary N) is 1. The van der Waals surface area contributed by atoms with Crippen LogP contribution < -0.4 is 5.32 Å². The second-order valence-corrected chi connectivity index (χ2v) is 8.53. The maximum atomic E-state index is 4.05. The molecule has 4 rings (SSSR count). The van der Waals surface area contributed by atoms with E-state index in [2.05, 4.69) is 103 Å². The summed E-state index contributed by atoms with van der Waals surface area (Å²) < 4.78 is 0. The van der Waals surface area contributed by atoms with E-state index in [1.807, 2.05) is 11.8 Å². The Balaban J connectivity index is 1.89. The predicted octanol–water partition coefficient (Wildman–Crippen LogP) is 5.52. The van der Waals surface area contributed by atoms with Crippen LogP contribution in [0.2, 0.25) is 0 Å². The molecule has 0 bridgehead atoms. The van der Waals surface area contributed by atoms with Crippen molar-refractivity contribution in [2.24, 2.45) is 0 Å². The van der Waals surface area contributed by atoms with Gasteiger partial charge in [-0.25, -0.2) is 0 Å². The van der Waals surface area contributed by atoms with Gasteiger partial charge in [-0.1, -0.05) is 86.6 Å². The zero-order valence-electron chi connectivity index (χ0n) is 17.4. The van der Waals surface area contributed by atoms with Gasteiger partial charge in [-0.05, 0) is 41.4 Å². The summed E-state index contributed by atoms with van der Waals surface area (Å²) in [5.41, 5.74) is 5.11. The topological polar surface area (TPSA) is 15.3 Å². The third-order valence-electron chi connectivity index (χ3n) is 6.02. The molecule has 2 nitrogen and oxygen atoms in total. The van der Waals surface area contributed by atoms with Crippen molar-refractivity contribution in [3.05, 3.63) is 101 Å². The van der Waals surface area contributed by atoms with Gasteiger partial charge in [-0.3, -0.25) is 5.32 Å². The summed E-state index contributed by atoms with van der Waals surface area (Å²) in [6.07, 6.45) is 0. The van der Waals surface area contributed by atoms with Gasteiger partial charge in [0.15, 0.2) is 0 Å². The van der Waals surface area contributed by atoms with Gasteiger partial charge in [0.2, 0.25) is 0 Å². The standard InChI is InChI=1S/C26H30N2S/c1-3-28(4-2)19-18-27-26(22-13-6-5-7-14-22)23-15-9-8-12-21(23)20-29-25-17-11-10-16-24(25)26/h5-17,27H,3-4,18-20H2,1-2H3. The molecular formula is C26H30N2S. The van der Waals surface area contributed by atoms with E-state index in [1.165, 1.54) is 27.1 Å². The lowest BCUT2D eigenvalue weighted by Gasteiger charge is -2.38. The summed E-state index contributed by atoms with van der Waals surface area (Å²) in [5.74, 6) is 0.999. The highest BCUT2D eigenvalue weighted by molar-refractivity contribution is 7.98. The average Bonchev–Trinajstić information content (AvgIpc) is 2.93. The Hall–Kier alpha value is -2.07. The predicted molar refractivity (Wildman–Crippen MR) is 125 cm³/mol. The molecule has 0 aliphatic carbocycles. The van der Waals surface area contributed by atoms with E-state index in [4.69, 9.17) is 0 Å². The summed E-state index contributed by atoms with van der Waals surface area (Å²) in [6, 6.07) is 28.8. The third-order valence-corrected chi connectivity index (χ3v) is 7.14. The minimum absolute atomic E-state index is 0.342. The maximum absolute atomic E-state index is 4.05. The Labute approximate surface area is 179 Å². The van der Waals surface area contributed by atoms with Crippen LogP contribution in [0.15, 0.2) is 83.8 Å². The van der Waals surface area contributed by atoms with Crippen molar-refractivity contribution in [1.29, 1.82) is 0 Å². The number of nitrogens with zero attached hydrogens (tertiary/aromatic N) is 1. The van der Waals surface area contributed by atoms with E-state index in [1.54, 1.807) is 0 Å². The Morgan fingerprint density at radius 2 is 1.48 bits per heavy atom. The van der Waals surface area contributed by atoms with Gasteiger partial charge in [0.1, 0.15) is 0 Å². The van der Waals surface area contributed by atoms with Gasteiger partial charge in [-0.2, -0.15) is 0 Å². The Morgan fingerprint density at radius 1 is 0.828 bits per heavy atom. The van der Waals surface area contributed by atoms with Gasteiger partial charge in [0, 0.05) is 23.7 Å². The van der Waals surface area contributed by atoms with Crippen molar-refractivity contribution < 1.29 is 0 Å². The van der Waals surface area contributed by atoms with Gasteiger partial charge >= 0.3 is 0 Å². The molecule has 0 saturated carbocycles. The van der Waals surface area contributed by atoms with Crippen LogP contribution in [0.3, 0.4) is 0 Å². The summed E-state index contributed by atoms with van der Waals surface area (Å²) in [4.78, 5) is 3.84. The molecule has 1 heterocycles. The minimum atomic E-state index is -0.342. The van der Waals surface area contributed by atoms with Gasteiger partial charge in [0.25, 0.3) is 0 Å². The average molecular weight is 403 g/mol. The molecule has 1 aliphatic rings. The van der Waals surface area contributed by atoms with Crippen molar-refractivity contribution in [3.8, 4) is 0 Å². The Bertz CT molecular complexity index is 887. The SMILES string of the molecule is CCN(CC)CCNC1(c2ccccc2)c2ccccc2CSc2ccccc21. The van der Waals surface area contributed by atoms with E-state index in [-0.39, 0.29) is 5.54 Å². The van der Waals surface area contributed by atoms with Gasteiger partial charge in [-0.15, -0.1) is 11.8 Å². The first-order chi connectivity index (χ1) is 14.3. The second-order valence-electron chi connectivity index (χ2n) is 7.51. The molecule has 3 aromatic rings. The lowest BCUT2D eigenvalue weighted by Crippen LogP contribution is -2.48. The molecule has 1 atom stereocenters.